The van der Waals surface area contributed by atoms with Crippen molar-refractivity contribution in [2.45, 2.75) is 13.0 Å². The van der Waals surface area contributed by atoms with Gasteiger partial charge in [0.15, 0.2) is 0 Å². The molecule has 3 aromatic rings. The van der Waals surface area contributed by atoms with Crippen molar-refractivity contribution in [3.8, 4) is 17.6 Å². The summed E-state index contributed by atoms with van der Waals surface area (Å²) in [7, 11) is 1.53. The lowest BCUT2D eigenvalue weighted by Gasteiger charge is -2.23. The van der Waals surface area contributed by atoms with E-state index >= 15 is 0 Å². The predicted molar refractivity (Wildman–Crippen MR) is 121 cm³/mol. The number of pyridine rings is 1. The van der Waals surface area contributed by atoms with Crippen LogP contribution < -0.4 is 14.2 Å². The van der Waals surface area contributed by atoms with Crippen LogP contribution in [0.1, 0.15) is 17.5 Å². The summed E-state index contributed by atoms with van der Waals surface area (Å²) in [5.41, 5.74) is 4.64. The van der Waals surface area contributed by atoms with Gasteiger partial charge in [0.05, 0.1) is 24.9 Å². The van der Waals surface area contributed by atoms with Gasteiger partial charge in [0.25, 0.3) is 0 Å². The van der Waals surface area contributed by atoms with Crippen molar-refractivity contribution in [1.29, 1.82) is 0 Å². The fourth-order valence-corrected chi connectivity index (χ4v) is 4.19. The van der Waals surface area contributed by atoms with Crippen molar-refractivity contribution in [3.63, 3.8) is 0 Å². The molecule has 1 N–H and O–H groups in total. The van der Waals surface area contributed by atoms with E-state index in [2.05, 4.69) is 37.1 Å². The van der Waals surface area contributed by atoms with Crippen LogP contribution in [0.25, 0.3) is 16.6 Å². The number of hydrogen-bond donors (Lipinski definition) is 1. The van der Waals surface area contributed by atoms with E-state index in [0.717, 1.165) is 40.0 Å². The summed E-state index contributed by atoms with van der Waals surface area (Å²) < 4.78 is 23.2. The molecule has 3 aliphatic rings. The molecule has 9 nitrogen and oxygen atoms in total. The van der Waals surface area contributed by atoms with Crippen molar-refractivity contribution in [3.05, 3.63) is 65.5 Å². The van der Waals surface area contributed by atoms with Gasteiger partial charge in [0.1, 0.15) is 37.0 Å². The summed E-state index contributed by atoms with van der Waals surface area (Å²) in [4.78, 5) is 21.1. The monoisotopic (exact) mass is 443 g/mol. The molecule has 5 heterocycles. The summed E-state index contributed by atoms with van der Waals surface area (Å²) in [6.07, 6.45) is 14.1. The zero-order valence-corrected chi connectivity index (χ0v) is 17.9. The standard InChI is InChI=1S/C24H21N5O4/c1-30-24-28-22-21-19(12-27-22)15-2-3-20-16(7-15)8-18(11-26-20)32-5-4-31-17-6-14(9-25-10-17)13-33-23(21)29-24/h2-3,6,8-12,16H,4-5,7,13H2,1H3,(H,27,28,29). The molecule has 1 aliphatic carbocycles. The van der Waals surface area contributed by atoms with Crippen LogP contribution in [-0.4, -0.2) is 46.5 Å². The molecular weight excluding hydrogens is 422 g/mol. The molecule has 0 saturated carbocycles. The predicted octanol–water partition coefficient (Wildman–Crippen LogP) is 3.61. The minimum Gasteiger partial charge on any atom is -0.489 e. The number of dihydropyridines is 1. The van der Waals surface area contributed by atoms with Gasteiger partial charge in [-0.15, -0.1) is 0 Å². The molecule has 6 rings (SSSR count). The van der Waals surface area contributed by atoms with Crippen molar-refractivity contribution >= 4 is 22.8 Å². The van der Waals surface area contributed by atoms with Crippen molar-refractivity contribution in [1.82, 2.24) is 19.9 Å². The van der Waals surface area contributed by atoms with Gasteiger partial charge in [-0.05, 0) is 30.2 Å². The third-order valence-corrected chi connectivity index (χ3v) is 5.75. The molecule has 0 fully saturated rings. The number of rotatable bonds is 1. The summed E-state index contributed by atoms with van der Waals surface area (Å²) >= 11 is 0. The van der Waals surface area contributed by atoms with Gasteiger partial charge in [0.2, 0.25) is 5.88 Å². The molecular formula is C24H21N5O4. The Morgan fingerprint density at radius 1 is 1.09 bits per heavy atom. The normalized spacial score (nSPS) is 19.4. The number of H-pyrrole nitrogens is 1. The van der Waals surface area contributed by atoms with E-state index in [0.29, 0.717) is 30.5 Å². The molecule has 166 valence electrons. The number of nitrogens with zero attached hydrogens (tertiary/aromatic N) is 4. The average Bonchev–Trinajstić information content (AvgIpc) is 3.28. The zero-order valence-electron chi connectivity index (χ0n) is 17.9. The van der Waals surface area contributed by atoms with E-state index in [1.165, 1.54) is 7.11 Å². The van der Waals surface area contributed by atoms with Crippen molar-refractivity contribution < 1.29 is 18.9 Å². The maximum Gasteiger partial charge on any atom is 0.321 e. The fraction of sp³-hybridized carbons (Fsp3) is 0.250. The third kappa shape index (κ3) is 3.71. The molecule has 0 radical (unpaired) electrons. The summed E-state index contributed by atoms with van der Waals surface area (Å²) in [5.74, 6) is 1.96. The first-order valence-corrected chi connectivity index (χ1v) is 10.7. The van der Waals surface area contributed by atoms with Gasteiger partial charge < -0.3 is 23.9 Å². The molecule has 1 unspecified atom stereocenters. The van der Waals surface area contributed by atoms with Gasteiger partial charge >= 0.3 is 6.01 Å². The molecule has 33 heavy (non-hydrogen) atoms. The van der Waals surface area contributed by atoms with Crippen LogP contribution in [0.15, 0.2) is 59.3 Å². The Morgan fingerprint density at radius 3 is 2.97 bits per heavy atom. The Labute approximate surface area is 189 Å². The van der Waals surface area contributed by atoms with Crippen molar-refractivity contribution in [2.75, 3.05) is 20.3 Å². The van der Waals surface area contributed by atoms with Gasteiger partial charge in [-0.2, -0.15) is 9.97 Å². The first-order chi connectivity index (χ1) is 16.3. The van der Waals surface area contributed by atoms with E-state index in [-0.39, 0.29) is 18.5 Å². The first-order valence-electron chi connectivity index (χ1n) is 10.7. The van der Waals surface area contributed by atoms with E-state index in [4.69, 9.17) is 18.9 Å². The Morgan fingerprint density at radius 2 is 2.03 bits per heavy atom. The van der Waals surface area contributed by atoms with Gasteiger partial charge in [-0.1, -0.05) is 6.08 Å². The highest BCUT2D eigenvalue weighted by Crippen LogP contribution is 2.40. The number of aromatic nitrogens is 4. The molecule has 0 spiro atoms. The number of allylic oxidation sites excluding steroid dienone is 5. The average molecular weight is 443 g/mol. The second-order valence-corrected chi connectivity index (χ2v) is 7.88. The SMILES string of the molecule is COc1nc2c3c(c[nH]c3n1)C1=CC=C3N=CC(=CC3C1)OCCOc1cncc(c1)CO2. The number of hydrogen-bond acceptors (Lipinski definition) is 8. The molecule has 0 saturated heterocycles. The van der Waals surface area contributed by atoms with Gasteiger partial charge in [0, 0.05) is 35.1 Å². The smallest absolute Gasteiger partial charge is 0.321 e. The molecule has 2 aliphatic heterocycles. The summed E-state index contributed by atoms with van der Waals surface area (Å²) in [6, 6.07) is 2.13. The molecule has 0 aromatic carbocycles. The van der Waals surface area contributed by atoms with Crippen LogP contribution in [0, 0.1) is 5.92 Å². The van der Waals surface area contributed by atoms with E-state index in [1.54, 1.807) is 18.6 Å². The Hall–Kier alpha value is -4.14. The van der Waals surface area contributed by atoms with Crippen LogP contribution in [0.4, 0.5) is 0 Å². The second kappa shape index (κ2) is 8.09. The van der Waals surface area contributed by atoms with E-state index in [9.17, 15) is 0 Å². The molecule has 0 amide bonds. The van der Waals surface area contributed by atoms with Crippen LogP contribution in [-0.2, 0) is 11.3 Å². The Bertz CT molecular complexity index is 1350. The highest BCUT2D eigenvalue weighted by atomic mass is 16.5. The zero-order chi connectivity index (χ0) is 22.2. The largest absolute Gasteiger partial charge is 0.489 e. The minimum absolute atomic E-state index is 0.120. The van der Waals surface area contributed by atoms with Crippen LogP contribution >= 0.6 is 0 Å². The number of ether oxygens (including phenoxy) is 4. The number of methoxy groups -OCH3 is 1. The molecule has 9 heteroatoms. The lowest BCUT2D eigenvalue weighted by molar-refractivity contribution is 0.166. The number of fused-ring (bicyclic) bond motifs is 4. The van der Waals surface area contributed by atoms with Crippen LogP contribution in [0.5, 0.6) is 17.6 Å². The van der Waals surface area contributed by atoms with Gasteiger partial charge in [-0.25, -0.2) is 0 Å². The number of aromatic amines is 1. The molecule has 3 aromatic heterocycles. The molecule has 5 bridgehead atoms. The summed E-state index contributed by atoms with van der Waals surface area (Å²) in [5, 5.41) is 0.809. The topological polar surface area (TPSA) is 104 Å². The lowest BCUT2D eigenvalue weighted by Crippen LogP contribution is -2.14. The highest BCUT2D eigenvalue weighted by Gasteiger charge is 2.25. The maximum atomic E-state index is 6.16. The van der Waals surface area contributed by atoms with Crippen LogP contribution in [0.2, 0.25) is 0 Å². The fourth-order valence-electron chi connectivity index (χ4n) is 4.19. The third-order valence-electron chi connectivity index (χ3n) is 5.75. The van der Waals surface area contributed by atoms with Crippen LogP contribution in [0.3, 0.4) is 0 Å². The quantitative estimate of drug-likeness (QED) is 0.613. The maximum absolute atomic E-state index is 6.16. The number of aliphatic imine (C=N–C) groups is 1. The van der Waals surface area contributed by atoms with E-state index in [1.807, 2.05) is 18.3 Å². The minimum atomic E-state index is 0.120. The van der Waals surface area contributed by atoms with E-state index < -0.39 is 0 Å². The first kappa shape index (κ1) is 19.5. The van der Waals surface area contributed by atoms with Crippen molar-refractivity contribution in [2.24, 2.45) is 10.9 Å². The lowest BCUT2D eigenvalue weighted by atomic mass is 9.86. The molecule has 1 atom stereocenters. The van der Waals surface area contributed by atoms with Gasteiger partial charge in [-0.3, -0.25) is 9.98 Å². The summed E-state index contributed by atoms with van der Waals surface area (Å²) in [6.45, 7) is 1.07. The second-order valence-electron chi connectivity index (χ2n) is 7.88. The highest BCUT2D eigenvalue weighted by molar-refractivity contribution is 5.95. The Balaban J connectivity index is 1.47. The number of nitrogens with one attached hydrogen (secondary N) is 1. The Kier molecular flexibility index (Phi) is 4.79.